The predicted octanol–water partition coefficient (Wildman–Crippen LogP) is 2.44. The first kappa shape index (κ1) is 13.0. The fraction of sp³-hybridized carbons (Fsp3) is 1.00. The summed E-state index contributed by atoms with van der Waals surface area (Å²) in [6.07, 6.45) is 9.53. The van der Waals surface area contributed by atoms with Crippen molar-refractivity contribution in [3.05, 3.63) is 10.1 Å². The molecule has 0 aromatic carbocycles. The van der Waals surface area contributed by atoms with Crippen LogP contribution in [-0.2, 0) is 0 Å². The predicted molar refractivity (Wildman–Crippen MR) is 67.0 cm³/mol. The van der Waals surface area contributed by atoms with Crippen molar-refractivity contribution in [3.8, 4) is 0 Å². The highest BCUT2D eigenvalue weighted by Crippen LogP contribution is 2.39. The number of hydrogen-bond acceptors (Lipinski definition) is 3. The summed E-state index contributed by atoms with van der Waals surface area (Å²) < 4.78 is 0. The molecule has 2 fully saturated rings. The highest BCUT2D eigenvalue weighted by molar-refractivity contribution is 4.81. The molecule has 2 aliphatic carbocycles. The number of hydroxylamine groups is 1. The van der Waals surface area contributed by atoms with Crippen LogP contribution in [0.2, 0.25) is 0 Å². The van der Waals surface area contributed by atoms with E-state index < -0.39 is 5.17 Å². The summed E-state index contributed by atoms with van der Waals surface area (Å²) in [5, 5.41) is 13.4. The molecule has 0 aliphatic heterocycles. The summed E-state index contributed by atoms with van der Waals surface area (Å²) >= 11 is 0. The van der Waals surface area contributed by atoms with Crippen LogP contribution in [-0.4, -0.2) is 6.04 Å². The Morgan fingerprint density at radius 3 is 1.88 bits per heavy atom. The second-order valence-electron chi connectivity index (χ2n) is 6.06. The Balaban J connectivity index is 1.77. The van der Waals surface area contributed by atoms with Gasteiger partial charge in [0.05, 0.1) is 0 Å². The van der Waals surface area contributed by atoms with E-state index in [1.54, 1.807) is 0 Å². The lowest BCUT2D eigenvalue weighted by Crippen LogP contribution is -3.06. The summed E-state index contributed by atoms with van der Waals surface area (Å²) in [7, 11) is 0. The van der Waals surface area contributed by atoms with E-state index in [4.69, 9.17) is 0 Å². The Hall–Kier alpha value is -0.480. The lowest BCUT2D eigenvalue weighted by Gasteiger charge is -2.37. The first-order valence-electron chi connectivity index (χ1n) is 7.08. The van der Waals surface area contributed by atoms with E-state index in [1.165, 1.54) is 25.7 Å². The van der Waals surface area contributed by atoms with Crippen LogP contribution in [0.15, 0.2) is 5.29 Å². The first-order valence-corrected chi connectivity index (χ1v) is 7.08. The number of nitroso groups, excluding NO2 is 1. The van der Waals surface area contributed by atoms with E-state index in [9.17, 15) is 10.1 Å². The zero-order valence-corrected chi connectivity index (χ0v) is 10.7. The van der Waals surface area contributed by atoms with Gasteiger partial charge in [0, 0.05) is 12.8 Å². The minimum absolute atomic E-state index is 0.0636. The second kappa shape index (κ2) is 5.91. The maximum atomic E-state index is 11.2. The van der Waals surface area contributed by atoms with Crippen LogP contribution in [0.5, 0.6) is 0 Å². The molecule has 1 unspecified atom stereocenters. The monoisotopic (exact) mass is 240 g/mol. The molecule has 0 bridgehead atoms. The Morgan fingerprint density at radius 2 is 1.41 bits per heavy atom. The van der Waals surface area contributed by atoms with Gasteiger partial charge in [-0.05, 0) is 43.4 Å². The number of nitrogens with one attached hydrogen (secondary N) is 1. The zero-order valence-electron chi connectivity index (χ0n) is 10.7. The Morgan fingerprint density at radius 1 is 0.941 bits per heavy atom. The third-order valence-electron chi connectivity index (χ3n) is 4.94. The van der Waals surface area contributed by atoms with Crippen molar-refractivity contribution in [2.75, 3.05) is 0 Å². The number of nitrogens with zero attached hydrogens (tertiary/aromatic N) is 1. The minimum Gasteiger partial charge on any atom is -0.603 e. The van der Waals surface area contributed by atoms with Gasteiger partial charge < -0.3 is 5.21 Å². The van der Waals surface area contributed by atoms with Crippen LogP contribution in [0, 0.1) is 27.9 Å². The molecule has 2 aliphatic rings. The molecule has 0 aromatic heterocycles. The molecular weight excluding hydrogens is 216 g/mol. The smallest absolute Gasteiger partial charge is 0.152 e. The van der Waals surface area contributed by atoms with Gasteiger partial charge in [-0.1, -0.05) is 24.7 Å². The van der Waals surface area contributed by atoms with Crippen LogP contribution in [0.25, 0.3) is 0 Å². The van der Waals surface area contributed by atoms with Gasteiger partial charge in [-0.25, -0.2) is 5.17 Å². The maximum Gasteiger partial charge on any atom is 0.152 e. The van der Waals surface area contributed by atoms with Gasteiger partial charge in [0.1, 0.15) is 6.04 Å². The van der Waals surface area contributed by atoms with Crippen molar-refractivity contribution in [2.24, 2.45) is 23.0 Å². The molecule has 98 valence electrons. The molecule has 17 heavy (non-hydrogen) atoms. The van der Waals surface area contributed by atoms with Crippen molar-refractivity contribution >= 4 is 0 Å². The topological polar surface area (TPSA) is 56.9 Å². The van der Waals surface area contributed by atoms with Crippen molar-refractivity contribution < 1.29 is 5.17 Å². The van der Waals surface area contributed by atoms with E-state index in [0.29, 0.717) is 0 Å². The Bertz CT molecular complexity index is 244. The normalized spacial score (nSPS) is 40.8. The zero-order chi connectivity index (χ0) is 12.3. The number of quaternary nitrogens is 1. The van der Waals surface area contributed by atoms with Crippen LogP contribution < -0.4 is 5.17 Å². The van der Waals surface area contributed by atoms with Crippen LogP contribution in [0.4, 0.5) is 0 Å². The molecule has 0 saturated heterocycles. The molecule has 0 amide bonds. The molecule has 4 heteroatoms. The average Bonchev–Trinajstić information content (AvgIpc) is 2.39. The van der Waals surface area contributed by atoms with Gasteiger partial charge in [-0.15, -0.1) is 0 Å². The molecule has 4 nitrogen and oxygen atoms in total. The summed E-state index contributed by atoms with van der Waals surface area (Å²) in [5.74, 6) is 2.59. The van der Waals surface area contributed by atoms with Gasteiger partial charge >= 0.3 is 0 Å². The molecule has 1 N–H and O–H groups in total. The minimum atomic E-state index is -0.416. The molecule has 1 atom stereocenters. The van der Waals surface area contributed by atoms with Crippen molar-refractivity contribution in [1.82, 2.24) is 0 Å². The fourth-order valence-electron chi connectivity index (χ4n) is 3.67. The van der Waals surface area contributed by atoms with E-state index in [2.05, 4.69) is 12.2 Å². The lowest BCUT2D eigenvalue weighted by atomic mass is 9.70. The standard InChI is InChI=1S/C13H24N2O2/c1-10-2-4-11(5-3-10)12-6-8-13(9-7-12)15(17)14-16/h10-13,15H,2-9H2,1H3. The quantitative estimate of drug-likeness (QED) is 0.608. The summed E-state index contributed by atoms with van der Waals surface area (Å²) in [4.78, 5) is 10.2. The van der Waals surface area contributed by atoms with E-state index in [1.807, 2.05) is 0 Å². The van der Waals surface area contributed by atoms with Crippen molar-refractivity contribution in [2.45, 2.75) is 64.3 Å². The van der Waals surface area contributed by atoms with Crippen LogP contribution >= 0.6 is 0 Å². The van der Waals surface area contributed by atoms with Gasteiger partial charge in [0.25, 0.3) is 0 Å². The highest BCUT2D eigenvalue weighted by Gasteiger charge is 2.32. The van der Waals surface area contributed by atoms with Gasteiger partial charge in [0.15, 0.2) is 5.29 Å². The highest BCUT2D eigenvalue weighted by atomic mass is 16.6. The van der Waals surface area contributed by atoms with Crippen LogP contribution in [0.3, 0.4) is 0 Å². The average molecular weight is 240 g/mol. The summed E-state index contributed by atoms with van der Waals surface area (Å²) in [6, 6.07) is -0.0636. The SMILES string of the molecule is CC1CCC(C2CCC([NH+]([O-])N=O)CC2)CC1. The molecule has 0 radical (unpaired) electrons. The maximum absolute atomic E-state index is 11.2. The molecule has 0 spiro atoms. The van der Waals surface area contributed by atoms with Crippen LogP contribution in [0.1, 0.15) is 58.3 Å². The summed E-state index contributed by atoms with van der Waals surface area (Å²) in [5.41, 5.74) is 0. The first-order chi connectivity index (χ1) is 8.20. The van der Waals surface area contributed by atoms with Gasteiger partial charge in [-0.3, -0.25) is 0 Å². The Kier molecular flexibility index (Phi) is 4.51. The van der Waals surface area contributed by atoms with E-state index in [0.717, 1.165) is 43.4 Å². The third-order valence-corrected chi connectivity index (χ3v) is 4.94. The molecule has 0 aromatic rings. The summed E-state index contributed by atoms with van der Waals surface area (Å²) in [6.45, 7) is 2.35. The Labute approximate surface area is 103 Å². The number of hydrogen-bond donors (Lipinski definition) is 1. The second-order valence-corrected chi connectivity index (χ2v) is 6.06. The van der Waals surface area contributed by atoms with Gasteiger partial charge in [0.2, 0.25) is 0 Å². The molecular formula is C13H24N2O2. The van der Waals surface area contributed by atoms with Crippen molar-refractivity contribution in [3.63, 3.8) is 0 Å². The van der Waals surface area contributed by atoms with E-state index in [-0.39, 0.29) is 6.04 Å². The molecule has 2 rings (SSSR count). The largest absolute Gasteiger partial charge is 0.603 e. The lowest BCUT2D eigenvalue weighted by molar-refractivity contribution is -0.886. The molecule has 2 saturated carbocycles. The van der Waals surface area contributed by atoms with Crippen molar-refractivity contribution in [1.29, 1.82) is 0 Å². The molecule has 0 heterocycles. The van der Waals surface area contributed by atoms with E-state index >= 15 is 0 Å². The number of rotatable bonds is 3. The third kappa shape index (κ3) is 3.26. The fourth-order valence-corrected chi connectivity index (χ4v) is 3.67. The van der Waals surface area contributed by atoms with Gasteiger partial charge in [-0.2, -0.15) is 0 Å².